The molecule has 0 aromatic rings. The maximum absolute atomic E-state index is 10.5. The zero-order chi connectivity index (χ0) is 8.27. The summed E-state index contributed by atoms with van der Waals surface area (Å²) in [5, 5.41) is 11.6. The van der Waals surface area contributed by atoms with E-state index in [4.69, 9.17) is 5.11 Å². The Kier molecular flexibility index (Phi) is 2.65. The van der Waals surface area contributed by atoms with Gasteiger partial charge in [-0.2, -0.15) is 0 Å². The zero-order valence-corrected chi connectivity index (χ0v) is 6.58. The molecule has 0 aromatic heterocycles. The highest BCUT2D eigenvalue weighted by Crippen LogP contribution is 2.14. The van der Waals surface area contributed by atoms with Gasteiger partial charge in [0.05, 0.1) is 0 Å². The van der Waals surface area contributed by atoms with Crippen molar-refractivity contribution in [2.45, 2.75) is 19.4 Å². The van der Waals surface area contributed by atoms with E-state index < -0.39 is 5.97 Å². The van der Waals surface area contributed by atoms with Crippen LogP contribution in [0.2, 0.25) is 0 Å². The number of carboxylic acids is 1. The summed E-state index contributed by atoms with van der Waals surface area (Å²) in [4.78, 5) is 10.5. The van der Waals surface area contributed by atoms with Crippen LogP contribution in [-0.2, 0) is 4.79 Å². The first kappa shape index (κ1) is 8.27. The van der Waals surface area contributed by atoms with E-state index in [1.807, 2.05) is 13.0 Å². The third-order valence-electron chi connectivity index (χ3n) is 1.93. The minimum absolute atomic E-state index is 0.337. The van der Waals surface area contributed by atoms with Crippen molar-refractivity contribution >= 4 is 5.97 Å². The molecule has 2 N–H and O–H groups in total. The standard InChI is InChI=1S/C8H13NO2/c1-2-3-6-4-7(8(10)11)9-5-6/h2-3,6-7,9H,4-5H2,1H3,(H,10,11)/b3-2-/t6-,7+/m0/s1. The number of hydrogen-bond acceptors (Lipinski definition) is 2. The molecule has 1 fully saturated rings. The van der Waals surface area contributed by atoms with Gasteiger partial charge in [-0.25, -0.2) is 0 Å². The van der Waals surface area contributed by atoms with Crippen LogP contribution >= 0.6 is 0 Å². The molecule has 0 amide bonds. The molecule has 1 heterocycles. The molecular formula is C8H13NO2. The molecule has 1 aliphatic rings. The molecule has 0 bridgehead atoms. The Morgan fingerprint density at radius 1 is 1.73 bits per heavy atom. The van der Waals surface area contributed by atoms with Gasteiger partial charge < -0.3 is 10.4 Å². The Morgan fingerprint density at radius 2 is 2.45 bits per heavy atom. The Labute approximate surface area is 66.1 Å². The maximum Gasteiger partial charge on any atom is 0.320 e. The highest BCUT2D eigenvalue weighted by atomic mass is 16.4. The molecule has 2 atom stereocenters. The number of allylic oxidation sites excluding steroid dienone is 1. The molecule has 62 valence electrons. The van der Waals surface area contributed by atoms with Gasteiger partial charge in [-0.05, 0) is 19.3 Å². The van der Waals surface area contributed by atoms with Gasteiger partial charge >= 0.3 is 5.97 Å². The molecule has 3 heteroatoms. The molecule has 11 heavy (non-hydrogen) atoms. The van der Waals surface area contributed by atoms with Crippen LogP contribution in [0.3, 0.4) is 0 Å². The molecule has 3 nitrogen and oxygen atoms in total. The molecule has 0 saturated carbocycles. The second-order valence-electron chi connectivity index (χ2n) is 2.82. The second-order valence-corrected chi connectivity index (χ2v) is 2.82. The minimum atomic E-state index is -0.739. The summed E-state index contributed by atoms with van der Waals surface area (Å²) in [5.74, 6) is -0.335. The van der Waals surface area contributed by atoms with Crippen molar-refractivity contribution in [2.24, 2.45) is 5.92 Å². The number of aliphatic carboxylic acids is 1. The summed E-state index contributed by atoms with van der Waals surface area (Å²) in [6, 6.07) is -0.337. The van der Waals surface area contributed by atoms with Crippen LogP contribution in [0.1, 0.15) is 13.3 Å². The van der Waals surface area contributed by atoms with Gasteiger partial charge in [-0.1, -0.05) is 12.2 Å². The van der Waals surface area contributed by atoms with E-state index in [2.05, 4.69) is 11.4 Å². The van der Waals surface area contributed by atoms with Crippen molar-refractivity contribution in [3.63, 3.8) is 0 Å². The Balaban J connectivity index is 2.40. The van der Waals surface area contributed by atoms with Crippen molar-refractivity contribution in [3.05, 3.63) is 12.2 Å². The molecular weight excluding hydrogens is 142 g/mol. The molecule has 1 rings (SSSR count). The fourth-order valence-electron chi connectivity index (χ4n) is 1.37. The van der Waals surface area contributed by atoms with Gasteiger partial charge in [0.2, 0.25) is 0 Å². The fourth-order valence-corrected chi connectivity index (χ4v) is 1.37. The van der Waals surface area contributed by atoms with E-state index in [9.17, 15) is 4.79 Å². The first-order chi connectivity index (χ1) is 5.24. The lowest BCUT2D eigenvalue weighted by Gasteiger charge is -2.00. The lowest BCUT2D eigenvalue weighted by Crippen LogP contribution is -2.29. The zero-order valence-electron chi connectivity index (χ0n) is 6.58. The first-order valence-electron chi connectivity index (χ1n) is 3.83. The molecule has 1 saturated heterocycles. The molecule has 0 aliphatic carbocycles. The van der Waals surface area contributed by atoms with Gasteiger partial charge in [-0.15, -0.1) is 0 Å². The van der Waals surface area contributed by atoms with Crippen LogP contribution < -0.4 is 5.32 Å². The Morgan fingerprint density at radius 3 is 2.91 bits per heavy atom. The van der Waals surface area contributed by atoms with Crippen molar-refractivity contribution in [2.75, 3.05) is 6.54 Å². The molecule has 0 spiro atoms. The monoisotopic (exact) mass is 155 g/mol. The van der Waals surface area contributed by atoms with Crippen molar-refractivity contribution in [1.82, 2.24) is 5.32 Å². The lowest BCUT2D eigenvalue weighted by atomic mass is 10.1. The normalized spacial score (nSPS) is 31.4. The van der Waals surface area contributed by atoms with E-state index >= 15 is 0 Å². The average molecular weight is 155 g/mol. The maximum atomic E-state index is 10.5. The van der Waals surface area contributed by atoms with Crippen LogP contribution in [-0.4, -0.2) is 23.7 Å². The average Bonchev–Trinajstić information content (AvgIpc) is 2.37. The smallest absolute Gasteiger partial charge is 0.320 e. The SMILES string of the molecule is C/C=C\[C@@H]1CN[C@@H](C(=O)O)C1. The van der Waals surface area contributed by atoms with E-state index in [1.54, 1.807) is 0 Å². The predicted molar refractivity (Wildman–Crippen MR) is 42.3 cm³/mol. The van der Waals surface area contributed by atoms with E-state index in [0.29, 0.717) is 5.92 Å². The molecule has 0 unspecified atom stereocenters. The fraction of sp³-hybridized carbons (Fsp3) is 0.625. The van der Waals surface area contributed by atoms with Crippen molar-refractivity contribution in [1.29, 1.82) is 0 Å². The van der Waals surface area contributed by atoms with Gasteiger partial charge in [0, 0.05) is 6.54 Å². The third kappa shape index (κ3) is 2.05. The van der Waals surface area contributed by atoms with E-state index in [1.165, 1.54) is 0 Å². The van der Waals surface area contributed by atoms with E-state index in [0.717, 1.165) is 13.0 Å². The third-order valence-corrected chi connectivity index (χ3v) is 1.93. The van der Waals surface area contributed by atoms with Crippen molar-refractivity contribution < 1.29 is 9.90 Å². The van der Waals surface area contributed by atoms with Crippen LogP contribution in [0.4, 0.5) is 0 Å². The summed E-state index contributed by atoms with van der Waals surface area (Å²) in [6.07, 6.45) is 4.74. The number of carboxylic acid groups (broad SMARTS) is 1. The molecule has 0 radical (unpaired) electrons. The van der Waals surface area contributed by atoms with Gasteiger partial charge in [0.15, 0.2) is 0 Å². The molecule has 0 aromatic carbocycles. The number of hydrogen-bond donors (Lipinski definition) is 2. The summed E-state index contributed by atoms with van der Waals surface area (Å²) < 4.78 is 0. The number of nitrogens with one attached hydrogen (secondary N) is 1. The van der Waals surface area contributed by atoms with Crippen LogP contribution in [0.5, 0.6) is 0 Å². The highest BCUT2D eigenvalue weighted by Gasteiger charge is 2.26. The van der Waals surface area contributed by atoms with Crippen LogP contribution in [0.15, 0.2) is 12.2 Å². The predicted octanol–water partition coefficient (Wildman–Crippen LogP) is 0.625. The molecule has 1 aliphatic heterocycles. The van der Waals surface area contributed by atoms with Gasteiger partial charge in [0.25, 0.3) is 0 Å². The van der Waals surface area contributed by atoms with Crippen molar-refractivity contribution in [3.8, 4) is 0 Å². The summed E-state index contributed by atoms with van der Waals surface area (Å²) in [7, 11) is 0. The second kappa shape index (κ2) is 3.53. The quantitative estimate of drug-likeness (QED) is 0.575. The summed E-state index contributed by atoms with van der Waals surface area (Å²) >= 11 is 0. The summed E-state index contributed by atoms with van der Waals surface area (Å²) in [5.41, 5.74) is 0. The van der Waals surface area contributed by atoms with Gasteiger partial charge in [0.1, 0.15) is 6.04 Å². The largest absolute Gasteiger partial charge is 0.480 e. The first-order valence-corrected chi connectivity index (χ1v) is 3.83. The summed E-state index contributed by atoms with van der Waals surface area (Å²) in [6.45, 7) is 2.75. The Hall–Kier alpha value is -0.830. The van der Waals surface area contributed by atoms with Crippen LogP contribution in [0.25, 0.3) is 0 Å². The topological polar surface area (TPSA) is 49.3 Å². The number of carbonyl (C=O) groups is 1. The highest BCUT2D eigenvalue weighted by molar-refractivity contribution is 5.73. The number of rotatable bonds is 2. The lowest BCUT2D eigenvalue weighted by molar-refractivity contribution is -0.139. The minimum Gasteiger partial charge on any atom is -0.480 e. The van der Waals surface area contributed by atoms with Crippen LogP contribution in [0, 0.1) is 5.92 Å². The Bertz CT molecular complexity index is 177. The van der Waals surface area contributed by atoms with Gasteiger partial charge in [-0.3, -0.25) is 4.79 Å². The van der Waals surface area contributed by atoms with E-state index in [-0.39, 0.29) is 6.04 Å².